The molecule has 19 heavy (non-hydrogen) atoms. The third kappa shape index (κ3) is 5.09. The number of ether oxygens (including phenoxy) is 1. The van der Waals surface area contributed by atoms with E-state index in [1.807, 2.05) is 13.8 Å². The molecule has 0 heterocycles. The highest BCUT2D eigenvalue weighted by molar-refractivity contribution is 6.30. The van der Waals surface area contributed by atoms with Crippen LogP contribution in [0.3, 0.4) is 0 Å². The van der Waals surface area contributed by atoms with Crippen molar-refractivity contribution in [2.75, 3.05) is 6.61 Å². The van der Waals surface area contributed by atoms with Crippen molar-refractivity contribution >= 4 is 17.5 Å². The van der Waals surface area contributed by atoms with Crippen molar-refractivity contribution in [1.29, 1.82) is 0 Å². The Labute approximate surface area is 118 Å². The summed E-state index contributed by atoms with van der Waals surface area (Å²) >= 11 is 5.88. The molecule has 2 atom stereocenters. The molecule has 4 nitrogen and oxygen atoms in total. The molecular weight excluding hydrogens is 266 g/mol. The first kappa shape index (κ1) is 15.8. The molecule has 1 amide bonds. The lowest BCUT2D eigenvalue weighted by Crippen LogP contribution is -2.46. The molecule has 1 rings (SSSR count). The molecule has 106 valence electrons. The average molecular weight is 286 g/mol. The van der Waals surface area contributed by atoms with Gasteiger partial charge in [0, 0.05) is 11.1 Å². The quantitative estimate of drug-likeness (QED) is 0.843. The fraction of sp³-hybridized carbons (Fsp3) is 0.500. The summed E-state index contributed by atoms with van der Waals surface area (Å²) in [4.78, 5) is 12.1. The Balaban J connectivity index is 2.75. The van der Waals surface area contributed by atoms with E-state index in [-0.39, 0.29) is 24.5 Å². The standard InChI is InChI=1S/C14H20ClNO3/c1-9(2)13(14(18)16-10(3)8-17)19-12-6-4-5-11(15)7-12/h4-7,9-10,13,17H,8H2,1-3H3,(H,16,18)/t10-,13+/m1/s1. The van der Waals surface area contributed by atoms with Gasteiger partial charge in [-0.1, -0.05) is 31.5 Å². The molecule has 0 unspecified atom stereocenters. The van der Waals surface area contributed by atoms with Crippen molar-refractivity contribution in [3.63, 3.8) is 0 Å². The largest absolute Gasteiger partial charge is 0.480 e. The summed E-state index contributed by atoms with van der Waals surface area (Å²) in [5, 5.41) is 12.2. The summed E-state index contributed by atoms with van der Waals surface area (Å²) in [7, 11) is 0. The molecule has 0 bridgehead atoms. The Morgan fingerprint density at radius 1 is 1.42 bits per heavy atom. The summed E-state index contributed by atoms with van der Waals surface area (Å²) in [6.07, 6.45) is -0.618. The van der Waals surface area contributed by atoms with Crippen molar-refractivity contribution in [3.8, 4) is 5.75 Å². The van der Waals surface area contributed by atoms with Gasteiger partial charge in [-0.05, 0) is 31.0 Å². The number of rotatable bonds is 6. The maximum Gasteiger partial charge on any atom is 0.261 e. The predicted octanol–water partition coefficient (Wildman–Crippen LogP) is 2.24. The number of carbonyl (C=O) groups is 1. The molecule has 0 spiro atoms. The Morgan fingerprint density at radius 3 is 2.63 bits per heavy atom. The second kappa shape index (κ2) is 7.36. The highest BCUT2D eigenvalue weighted by Gasteiger charge is 2.25. The first-order valence-corrected chi connectivity index (χ1v) is 6.65. The van der Waals surface area contributed by atoms with E-state index >= 15 is 0 Å². The van der Waals surface area contributed by atoms with Crippen molar-refractivity contribution in [2.24, 2.45) is 5.92 Å². The molecule has 0 aliphatic heterocycles. The summed E-state index contributed by atoms with van der Waals surface area (Å²) in [6.45, 7) is 5.43. The van der Waals surface area contributed by atoms with Crippen molar-refractivity contribution in [2.45, 2.75) is 32.9 Å². The lowest BCUT2D eigenvalue weighted by molar-refractivity contribution is -0.130. The average Bonchev–Trinajstić information content (AvgIpc) is 2.35. The minimum absolute atomic E-state index is 0.00451. The maximum absolute atomic E-state index is 12.1. The molecule has 0 aromatic heterocycles. The van der Waals surface area contributed by atoms with E-state index in [1.165, 1.54) is 0 Å². The number of benzene rings is 1. The second-order valence-corrected chi connectivity index (χ2v) is 5.27. The molecule has 0 radical (unpaired) electrons. The Kier molecular flexibility index (Phi) is 6.12. The van der Waals surface area contributed by atoms with Gasteiger partial charge < -0.3 is 15.2 Å². The smallest absolute Gasteiger partial charge is 0.261 e. The minimum Gasteiger partial charge on any atom is -0.480 e. The molecular formula is C14H20ClNO3. The number of amides is 1. The molecule has 2 N–H and O–H groups in total. The number of carbonyl (C=O) groups excluding carboxylic acids is 1. The number of halogens is 1. The minimum atomic E-state index is -0.618. The van der Waals surface area contributed by atoms with Gasteiger partial charge in [0.1, 0.15) is 5.75 Å². The normalized spacial score (nSPS) is 14.0. The highest BCUT2D eigenvalue weighted by Crippen LogP contribution is 2.20. The summed E-state index contributed by atoms with van der Waals surface area (Å²) < 4.78 is 5.69. The summed E-state index contributed by atoms with van der Waals surface area (Å²) in [5.41, 5.74) is 0. The SMILES string of the molecule is CC(C)[C@H](Oc1cccc(Cl)c1)C(=O)N[C@H](C)CO. The molecule has 1 aromatic carbocycles. The van der Waals surface area contributed by atoms with Gasteiger partial charge >= 0.3 is 0 Å². The summed E-state index contributed by atoms with van der Waals surface area (Å²) in [6, 6.07) is 6.64. The topological polar surface area (TPSA) is 58.6 Å². The number of aliphatic hydroxyl groups is 1. The lowest BCUT2D eigenvalue weighted by atomic mass is 10.1. The lowest BCUT2D eigenvalue weighted by Gasteiger charge is -2.23. The van der Waals surface area contributed by atoms with Gasteiger partial charge in [-0.2, -0.15) is 0 Å². The van der Waals surface area contributed by atoms with Crippen LogP contribution in [0.2, 0.25) is 5.02 Å². The number of aliphatic hydroxyl groups excluding tert-OH is 1. The maximum atomic E-state index is 12.1. The number of hydrogen-bond acceptors (Lipinski definition) is 3. The fourth-order valence-corrected chi connectivity index (χ4v) is 1.73. The third-order valence-electron chi connectivity index (χ3n) is 2.59. The van der Waals surface area contributed by atoms with E-state index in [4.69, 9.17) is 21.4 Å². The fourth-order valence-electron chi connectivity index (χ4n) is 1.55. The van der Waals surface area contributed by atoms with Gasteiger partial charge in [0.05, 0.1) is 6.61 Å². The van der Waals surface area contributed by atoms with Crippen LogP contribution in [0.1, 0.15) is 20.8 Å². The Bertz CT molecular complexity index is 423. The summed E-state index contributed by atoms with van der Waals surface area (Å²) in [5.74, 6) is 0.319. The first-order valence-electron chi connectivity index (χ1n) is 6.27. The van der Waals surface area contributed by atoms with E-state index in [2.05, 4.69) is 5.32 Å². The van der Waals surface area contributed by atoms with Gasteiger partial charge in [-0.25, -0.2) is 0 Å². The van der Waals surface area contributed by atoms with Crippen LogP contribution in [0.25, 0.3) is 0 Å². The van der Waals surface area contributed by atoms with Crippen LogP contribution in [0, 0.1) is 5.92 Å². The Morgan fingerprint density at radius 2 is 2.11 bits per heavy atom. The number of nitrogens with one attached hydrogen (secondary N) is 1. The van der Waals surface area contributed by atoms with Crippen molar-refractivity contribution in [1.82, 2.24) is 5.32 Å². The molecule has 0 aliphatic rings. The van der Waals surface area contributed by atoms with Crippen LogP contribution in [0.15, 0.2) is 24.3 Å². The van der Waals surface area contributed by atoms with Gasteiger partial charge in [0.15, 0.2) is 6.10 Å². The van der Waals surface area contributed by atoms with Crippen LogP contribution >= 0.6 is 11.6 Å². The van der Waals surface area contributed by atoms with E-state index in [0.717, 1.165) is 0 Å². The van der Waals surface area contributed by atoms with Gasteiger partial charge in [0.25, 0.3) is 5.91 Å². The highest BCUT2D eigenvalue weighted by atomic mass is 35.5. The Hall–Kier alpha value is -1.26. The molecule has 0 aliphatic carbocycles. The van der Waals surface area contributed by atoms with Crippen molar-refractivity contribution < 1.29 is 14.6 Å². The van der Waals surface area contributed by atoms with E-state index in [1.54, 1.807) is 31.2 Å². The van der Waals surface area contributed by atoms with Gasteiger partial charge in [0.2, 0.25) is 0 Å². The number of hydrogen-bond donors (Lipinski definition) is 2. The third-order valence-corrected chi connectivity index (χ3v) is 2.82. The van der Waals surface area contributed by atoms with E-state index < -0.39 is 6.10 Å². The second-order valence-electron chi connectivity index (χ2n) is 4.83. The molecule has 5 heteroatoms. The van der Waals surface area contributed by atoms with E-state index in [0.29, 0.717) is 10.8 Å². The monoisotopic (exact) mass is 285 g/mol. The van der Waals surface area contributed by atoms with Crippen LogP contribution in [-0.4, -0.2) is 29.8 Å². The molecule has 0 saturated carbocycles. The first-order chi connectivity index (χ1) is 8.93. The zero-order valence-corrected chi connectivity index (χ0v) is 12.1. The van der Waals surface area contributed by atoms with Crippen LogP contribution < -0.4 is 10.1 Å². The van der Waals surface area contributed by atoms with Crippen LogP contribution in [0.4, 0.5) is 0 Å². The van der Waals surface area contributed by atoms with E-state index in [9.17, 15) is 4.79 Å². The van der Waals surface area contributed by atoms with Gasteiger partial charge in [-0.15, -0.1) is 0 Å². The molecule has 1 aromatic rings. The molecule has 0 fully saturated rings. The van der Waals surface area contributed by atoms with Crippen LogP contribution in [-0.2, 0) is 4.79 Å². The zero-order chi connectivity index (χ0) is 14.4. The van der Waals surface area contributed by atoms with Gasteiger partial charge in [-0.3, -0.25) is 4.79 Å². The predicted molar refractivity (Wildman–Crippen MR) is 75.4 cm³/mol. The molecule has 0 saturated heterocycles. The zero-order valence-electron chi connectivity index (χ0n) is 11.4. The van der Waals surface area contributed by atoms with Crippen LogP contribution in [0.5, 0.6) is 5.75 Å². The van der Waals surface area contributed by atoms with Crippen molar-refractivity contribution in [3.05, 3.63) is 29.3 Å².